The van der Waals surface area contributed by atoms with E-state index in [0.717, 1.165) is 5.69 Å². The molecule has 0 unspecified atom stereocenters. The van der Waals surface area contributed by atoms with E-state index in [1.807, 2.05) is 41.4 Å². The molecule has 5 nitrogen and oxygen atoms in total. The molecule has 0 radical (unpaired) electrons. The molecule has 1 aliphatic heterocycles. The molecule has 1 amide bonds. The van der Waals surface area contributed by atoms with Crippen molar-refractivity contribution in [2.24, 2.45) is 4.99 Å². The Morgan fingerprint density at radius 3 is 2.76 bits per heavy atom. The van der Waals surface area contributed by atoms with E-state index in [0.29, 0.717) is 17.9 Å². The number of hydrogen-bond donors (Lipinski definition) is 1. The van der Waals surface area contributed by atoms with E-state index in [-0.39, 0.29) is 5.91 Å². The average Bonchev–Trinajstić information content (AvgIpc) is 2.56. The van der Waals surface area contributed by atoms with E-state index in [2.05, 4.69) is 15.3 Å². The molecule has 2 heterocycles. The van der Waals surface area contributed by atoms with Gasteiger partial charge in [0.05, 0.1) is 17.8 Å². The predicted molar refractivity (Wildman–Crippen MR) is 83.6 cm³/mol. The van der Waals surface area contributed by atoms with Gasteiger partial charge in [0, 0.05) is 24.8 Å². The molecule has 5 heteroatoms. The Kier molecular flexibility index (Phi) is 3.73. The Hall–Kier alpha value is -2.95. The van der Waals surface area contributed by atoms with Crippen LogP contribution in [0.3, 0.4) is 0 Å². The highest BCUT2D eigenvalue weighted by Gasteiger charge is 2.15. The Labute approximate surface area is 122 Å². The van der Waals surface area contributed by atoms with Crippen molar-refractivity contribution in [1.82, 2.24) is 4.98 Å². The van der Waals surface area contributed by atoms with Gasteiger partial charge in [-0.2, -0.15) is 0 Å². The van der Waals surface area contributed by atoms with Crippen molar-refractivity contribution < 1.29 is 4.79 Å². The Morgan fingerprint density at radius 1 is 1.14 bits per heavy atom. The van der Waals surface area contributed by atoms with Gasteiger partial charge >= 0.3 is 0 Å². The molecule has 0 bridgehead atoms. The summed E-state index contributed by atoms with van der Waals surface area (Å²) in [5, 5.41) is 2.80. The summed E-state index contributed by atoms with van der Waals surface area (Å²) in [5.74, 6) is 0.355. The molecule has 0 aliphatic carbocycles. The quantitative estimate of drug-likeness (QED) is 0.939. The number of nitrogens with one attached hydrogen (secondary N) is 1. The van der Waals surface area contributed by atoms with E-state index in [1.54, 1.807) is 30.7 Å². The van der Waals surface area contributed by atoms with E-state index >= 15 is 0 Å². The number of carbonyl (C=O) groups is 1. The maximum absolute atomic E-state index is 12.4. The summed E-state index contributed by atoms with van der Waals surface area (Å²) in [6.07, 6.45) is 7.00. The normalized spacial score (nSPS) is 13.2. The first-order chi connectivity index (χ1) is 10.3. The van der Waals surface area contributed by atoms with Gasteiger partial charge in [-0.15, -0.1) is 0 Å². The highest BCUT2D eigenvalue weighted by Crippen LogP contribution is 2.22. The first-order valence-corrected chi connectivity index (χ1v) is 6.61. The van der Waals surface area contributed by atoms with E-state index in [9.17, 15) is 4.79 Å². The maximum Gasteiger partial charge on any atom is 0.258 e. The number of aromatic nitrogens is 1. The van der Waals surface area contributed by atoms with Gasteiger partial charge in [-0.05, 0) is 24.3 Å². The molecule has 0 atom stereocenters. The summed E-state index contributed by atoms with van der Waals surface area (Å²) < 4.78 is 0. The van der Waals surface area contributed by atoms with Crippen molar-refractivity contribution in [2.75, 3.05) is 16.8 Å². The third-order valence-corrected chi connectivity index (χ3v) is 3.08. The van der Waals surface area contributed by atoms with E-state index in [4.69, 9.17) is 0 Å². The molecule has 21 heavy (non-hydrogen) atoms. The van der Waals surface area contributed by atoms with Crippen LogP contribution >= 0.6 is 0 Å². The molecule has 3 rings (SSSR count). The van der Waals surface area contributed by atoms with Crippen LogP contribution in [0.5, 0.6) is 0 Å². The molecular weight excluding hydrogens is 264 g/mol. The zero-order chi connectivity index (χ0) is 14.5. The number of benzene rings is 1. The van der Waals surface area contributed by atoms with Crippen molar-refractivity contribution in [1.29, 1.82) is 0 Å². The van der Waals surface area contributed by atoms with E-state index < -0.39 is 0 Å². The third kappa shape index (κ3) is 2.97. The minimum atomic E-state index is -0.180. The first kappa shape index (κ1) is 13.1. The molecule has 1 aromatic heterocycles. The van der Waals surface area contributed by atoms with Crippen LogP contribution in [0.1, 0.15) is 10.4 Å². The van der Waals surface area contributed by atoms with Crippen LogP contribution < -0.4 is 10.2 Å². The summed E-state index contributed by atoms with van der Waals surface area (Å²) in [6, 6.07) is 12.9. The monoisotopic (exact) mass is 278 g/mol. The smallest absolute Gasteiger partial charge is 0.258 e. The molecule has 2 aromatic rings. The van der Waals surface area contributed by atoms with E-state index in [1.165, 1.54) is 0 Å². The van der Waals surface area contributed by atoms with Crippen molar-refractivity contribution in [3.05, 3.63) is 66.6 Å². The lowest BCUT2D eigenvalue weighted by molar-refractivity contribution is 0.102. The van der Waals surface area contributed by atoms with Crippen LogP contribution in [-0.2, 0) is 0 Å². The lowest BCUT2D eigenvalue weighted by atomic mass is 10.1. The molecule has 1 N–H and O–H groups in total. The lowest BCUT2D eigenvalue weighted by Crippen LogP contribution is -2.24. The summed E-state index contributed by atoms with van der Waals surface area (Å²) in [4.78, 5) is 22.6. The maximum atomic E-state index is 12.4. The fourth-order valence-electron chi connectivity index (χ4n) is 2.09. The van der Waals surface area contributed by atoms with Gasteiger partial charge in [0.15, 0.2) is 0 Å². The topological polar surface area (TPSA) is 57.6 Å². The summed E-state index contributed by atoms with van der Waals surface area (Å²) in [7, 11) is 0. The van der Waals surface area contributed by atoms with Crippen molar-refractivity contribution in [2.45, 2.75) is 0 Å². The van der Waals surface area contributed by atoms with Crippen LogP contribution in [0, 0.1) is 0 Å². The van der Waals surface area contributed by atoms with Crippen LogP contribution in [-0.4, -0.2) is 23.7 Å². The van der Waals surface area contributed by atoms with Gasteiger partial charge in [-0.25, -0.2) is 4.98 Å². The number of nitrogens with zero attached hydrogens (tertiary/aromatic N) is 3. The fourth-order valence-corrected chi connectivity index (χ4v) is 2.09. The number of carbonyl (C=O) groups excluding carboxylic acids is 1. The summed E-state index contributed by atoms with van der Waals surface area (Å²) >= 11 is 0. The van der Waals surface area contributed by atoms with Crippen LogP contribution in [0.25, 0.3) is 0 Å². The Balaban J connectivity index is 1.86. The molecule has 0 fully saturated rings. The molecule has 0 spiro atoms. The Morgan fingerprint density at radius 2 is 2.00 bits per heavy atom. The Bertz CT molecular complexity index is 694. The predicted octanol–water partition coefficient (Wildman–Crippen LogP) is 2.70. The number of aliphatic imine (C=N–C) groups is 1. The van der Waals surface area contributed by atoms with Gasteiger partial charge in [0.2, 0.25) is 0 Å². The lowest BCUT2D eigenvalue weighted by Gasteiger charge is -2.22. The van der Waals surface area contributed by atoms with Crippen molar-refractivity contribution >= 4 is 23.6 Å². The average molecular weight is 278 g/mol. The van der Waals surface area contributed by atoms with Gasteiger partial charge in [0.1, 0.15) is 5.82 Å². The summed E-state index contributed by atoms with van der Waals surface area (Å²) in [6.45, 7) is 0.643. The summed E-state index contributed by atoms with van der Waals surface area (Å²) in [5.41, 5.74) is 1.44. The number of pyridine rings is 1. The van der Waals surface area contributed by atoms with Crippen molar-refractivity contribution in [3.8, 4) is 0 Å². The third-order valence-electron chi connectivity index (χ3n) is 3.08. The van der Waals surface area contributed by atoms with Crippen LogP contribution in [0.2, 0.25) is 0 Å². The van der Waals surface area contributed by atoms with Gasteiger partial charge < -0.3 is 10.2 Å². The largest absolute Gasteiger partial charge is 0.340 e. The minimum absolute atomic E-state index is 0.180. The molecule has 104 valence electrons. The minimum Gasteiger partial charge on any atom is -0.340 e. The highest BCUT2D eigenvalue weighted by molar-refractivity contribution is 6.08. The van der Waals surface area contributed by atoms with Gasteiger partial charge in [-0.3, -0.25) is 9.79 Å². The second-order valence-corrected chi connectivity index (χ2v) is 4.47. The molecule has 0 saturated carbocycles. The number of anilines is 2. The second-order valence-electron chi connectivity index (χ2n) is 4.47. The zero-order valence-electron chi connectivity index (χ0n) is 11.3. The van der Waals surface area contributed by atoms with Crippen LogP contribution in [0.15, 0.2) is 66.1 Å². The molecule has 1 aliphatic rings. The number of rotatable bonds is 3. The number of hydrogen-bond acceptors (Lipinski definition) is 4. The molecular formula is C16H14N4O. The standard InChI is InChI=1S/C16H14N4O/c21-16(19-15-7-3-4-8-18-15)13-5-1-2-6-14(13)20-11-9-17-10-12-20/h1-11H,12H2,(H,18,19,21). The van der Waals surface area contributed by atoms with Gasteiger partial charge in [-0.1, -0.05) is 18.2 Å². The zero-order valence-corrected chi connectivity index (χ0v) is 11.3. The SMILES string of the molecule is O=C(Nc1ccccn1)c1ccccc1N1C=CN=CC1. The van der Waals surface area contributed by atoms with Crippen molar-refractivity contribution in [3.63, 3.8) is 0 Å². The van der Waals surface area contributed by atoms with Gasteiger partial charge in [0.25, 0.3) is 5.91 Å². The first-order valence-electron chi connectivity index (χ1n) is 6.61. The molecule has 1 aromatic carbocycles. The second kappa shape index (κ2) is 6.00. The number of para-hydroxylation sites is 1. The fraction of sp³-hybridized carbons (Fsp3) is 0.0625. The highest BCUT2D eigenvalue weighted by atomic mass is 16.1. The number of amides is 1. The van der Waals surface area contributed by atoms with Crippen LogP contribution in [0.4, 0.5) is 11.5 Å². The molecule has 0 saturated heterocycles.